The first-order valence-electron chi connectivity index (χ1n) is 9.94. The van der Waals surface area contributed by atoms with E-state index in [0.717, 1.165) is 31.2 Å². The monoisotopic (exact) mass is 381 g/mol. The molecule has 1 aromatic carbocycles. The predicted molar refractivity (Wildman–Crippen MR) is 106 cm³/mol. The van der Waals surface area contributed by atoms with Crippen LogP contribution in [0.3, 0.4) is 0 Å². The topological polar surface area (TPSA) is 86.2 Å². The predicted octanol–water partition coefficient (Wildman–Crippen LogP) is 3.72. The number of para-hydroxylation sites is 1. The van der Waals surface area contributed by atoms with Gasteiger partial charge in [-0.2, -0.15) is 5.26 Å². The van der Waals surface area contributed by atoms with Crippen molar-refractivity contribution in [2.75, 3.05) is 13.7 Å². The molecule has 0 unspecified atom stereocenters. The van der Waals surface area contributed by atoms with Crippen LogP contribution >= 0.6 is 0 Å². The molecule has 1 N–H and O–H groups in total. The number of ether oxygens (including phenoxy) is 1. The summed E-state index contributed by atoms with van der Waals surface area (Å²) in [5, 5.41) is 10.7. The van der Waals surface area contributed by atoms with Crippen molar-refractivity contribution in [3.8, 4) is 6.07 Å². The number of benzene rings is 1. The number of nitrogens with zero attached hydrogens (tertiary/aromatic N) is 2. The van der Waals surface area contributed by atoms with Gasteiger partial charge >= 0.3 is 5.97 Å². The van der Waals surface area contributed by atoms with Gasteiger partial charge in [0, 0.05) is 30.6 Å². The highest BCUT2D eigenvalue weighted by Crippen LogP contribution is 2.32. The van der Waals surface area contributed by atoms with E-state index in [9.17, 15) is 14.9 Å². The molecule has 1 aliphatic carbocycles. The standard InChI is InChI=1S/C22H27N3O3/c1-25(22(16-23)12-5-2-6-13-22)20(26)15-28-21(27)11-7-8-17-14-24-19-10-4-3-9-18(17)19/h3-4,9-10,14,24H,2,5-8,11-13,15H2,1H3. The molecule has 3 rings (SSSR count). The van der Waals surface area contributed by atoms with E-state index in [4.69, 9.17) is 4.74 Å². The first-order valence-corrected chi connectivity index (χ1v) is 9.94. The van der Waals surface area contributed by atoms with Gasteiger partial charge in [0.15, 0.2) is 6.61 Å². The molecule has 0 aliphatic heterocycles. The summed E-state index contributed by atoms with van der Waals surface area (Å²) in [6, 6.07) is 10.4. The molecular formula is C22H27N3O3. The minimum Gasteiger partial charge on any atom is -0.456 e. The number of aromatic nitrogens is 1. The molecule has 1 aromatic heterocycles. The van der Waals surface area contributed by atoms with Crippen molar-refractivity contribution in [3.05, 3.63) is 36.0 Å². The maximum Gasteiger partial charge on any atom is 0.306 e. The Hall–Kier alpha value is -2.81. The number of fused-ring (bicyclic) bond motifs is 1. The third-order valence-corrected chi connectivity index (χ3v) is 5.76. The van der Waals surface area contributed by atoms with E-state index in [1.165, 1.54) is 15.8 Å². The molecule has 1 fully saturated rings. The normalized spacial score (nSPS) is 15.7. The Bertz CT molecular complexity index is 875. The Balaban J connectivity index is 1.43. The van der Waals surface area contributed by atoms with Crippen LogP contribution in [0, 0.1) is 11.3 Å². The van der Waals surface area contributed by atoms with Gasteiger partial charge in [0.25, 0.3) is 5.91 Å². The van der Waals surface area contributed by atoms with E-state index in [2.05, 4.69) is 17.1 Å². The Morgan fingerprint density at radius 2 is 2.00 bits per heavy atom. The lowest BCUT2D eigenvalue weighted by Crippen LogP contribution is -2.51. The second kappa shape index (κ2) is 8.92. The van der Waals surface area contributed by atoms with Crippen LogP contribution in [0.15, 0.2) is 30.5 Å². The first-order chi connectivity index (χ1) is 13.6. The van der Waals surface area contributed by atoms with Crippen molar-refractivity contribution in [2.45, 2.75) is 56.9 Å². The smallest absolute Gasteiger partial charge is 0.306 e. The summed E-state index contributed by atoms with van der Waals surface area (Å²) in [6.07, 6.45) is 8.01. The Morgan fingerprint density at radius 1 is 1.25 bits per heavy atom. The van der Waals surface area contributed by atoms with E-state index >= 15 is 0 Å². The average Bonchev–Trinajstić information content (AvgIpc) is 3.15. The molecule has 0 saturated heterocycles. The van der Waals surface area contributed by atoms with Gasteiger partial charge in [-0.3, -0.25) is 9.59 Å². The molecule has 2 aromatic rings. The third-order valence-electron chi connectivity index (χ3n) is 5.76. The zero-order valence-corrected chi connectivity index (χ0v) is 16.4. The highest BCUT2D eigenvalue weighted by Gasteiger charge is 2.38. The number of esters is 1. The fourth-order valence-corrected chi connectivity index (χ4v) is 3.97. The van der Waals surface area contributed by atoms with Gasteiger partial charge < -0.3 is 14.6 Å². The van der Waals surface area contributed by atoms with Crippen LogP contribution < -0.4 is 0 Å². The lowest BCUT2D eigenvalue weighted by Gasteiger charge is -2.38. The molecule has 0 bridgehead atoms. The molecule has 148 valence electrons. The molecule has 28 heavy (non-hydrogen) atoms. The summed E-state index contributed by atoms with van der Waals surface area (Å²) in [5.74, 6) is -0.690. The first kappa shape index (κ1) is 19.9. The summed E-state index contributed by atoms with van der Waals surface area (Å²) in [7, 11) is 1.64. The van der Waals surface area contributed by atoms with Crippen molar-refractivity contribution < 1.29 is 14.3 Å². The number of hydrogen-bond donors (Lipinski definition) is 1. The molecule has 0 radical (unpaired) electrons. The number of aryl methyl sites for hydroxylation is 1. The van der Waals surface area contributed by atoms with Crippen LogP contribution in [0.5, 0.6) is 0 Å². The second-order valence-electron chi connectivity index (χ2n) is 7.53. The summed E-state index contributed by atoms with van der Waals surface area (Å²) in [4.78, 5) is 29.1. The van der Waals surface area contributed by atoms with Crippen LogP contribution in [0.1, 0.15) is 50.5 Å². The fourth-order valence-electron chi connectivity index (χ4n) is 3.97. The second-order valence-corrected chi connectivity index (χ2v) is 7.53. The zero-order chi connectivity index (χ0) is 20.0. The van der Waals surface area contributed by atoms with E-state index in [1.54, 1.807) is 7.05 Å². The minimum absolute atomic E-state index is 0.264. The number of rotatable bonds is 7. The van der Waals surface area contributed by atoms with Crippen molar-refractivity contribution >= 4 is 22.8 Å². The molecular weight excluding hydrogens is 354 g/mol. The van der Waals surface area contributed by atoms with Gasteiger partial charge in [0.1, 0.15) is 5.54 Å². The van der Waals surface area contributed by atoms with E-state index < -0.39 is 5.54 Å². The van der Waals surface area contributed by atoms with Crippen molar-refractivity contribution in [3.63, 3.8) is 0 Å². The average molecular weight is 381 g/mol. The largest absolute Gasteiger partial charge is 0.456 e. The SMILES string of the molecule is CN(C(=O)COC(=O)CCCc1c[nH]c2ccccc12)C1(C#N)CCCCC1. The molecule has 0 atom stereocenters. The molecule has 1 heterocycles. The van der Waals surface area contributed by atoms with Crippen LogP contribution in [-0.2, 0) is 20.7 Å². The van der Waals surface area contributed by atoms with Gasteiger partial charge in [-0.1, -0.05) is 37.5 Å². The minimum atomic E-state index is -0.753. The van der Waals surface area contributed by atoms with Gasteiger partial charge in [-0.05, 0) is 37.3 Å². The van der Waals surface area contributed by atoms with E-state index in [0.29, 0.717) is 19.3 Å². The number of carbonyl (C=O) groups excluding carboxylic acids is 2. The number of carbonyl (C=O) groups is 2. The van der Waals surface area contributed by atoms with Crippen molar-refractivity contribution in [1.82, 2.24) is 9.88 Å². The third kappa shape index (κ3) is 4.36. The molecule has 6 nitrogen and oxygen atoms in total. The Morgan fingerprint density at radius 3 is 2.75 bits per heavy atom. The highest BCUT2D eigenvalue weighted by atomic mass is 16.5. The number of hydrogen-bond acceptors (Lipinski definition) is 4. The number of aromatic amines is 1. The van der Waals surface area contributed by atoms with Crippen LogP contribution in [0.2, 0.25) is 0 Å². The van der Waals surface area contributed by atoms with Crippen molar-refractivity contribution in [2.24, 2.45) is 0 Å². The molecule has 0 spiro atoms. The van der Waals surface area contributed by atoms with Crippen LogP contribution in [0.4, 0.5) is 0 Å². The molecule has 1 saturated carbocycles. The van der Waals surface area contributed by atoms with Crippen LogP contribution in [-0.4, -0.2) is 41.0 Å². The summed E-state index contributed by atoms with van der Waals surface area (Å²) >= 11 is 0. The summed E-state index contributed by atoms with van der Waals surface area (Å²) < 4.78 is 5.16. The Labute approximate surface area is 165 Å². The maximum atomic E-state index is 12.4. The van der Waals surface area contributed by atoms with Gasteiger partial charge in [-0.15, -0.1) is 0 Å². The lowest BCUT2D eigenvalue weighted by molar-refractivity contribution is -0.153. The van der Waals surface area contributed by atoms with Gasteiger partial charge in [0.2, 0.25) is 0 Å². The summed E-state index contributed by atoms with van der Waals surface area (Å²) in [6.45, 7) is -0.300. The number of amides is 1. The number of nitriles is 1. The number of likely N-dealkylation sites (N-methyl/N-ethyl adjacent to an activating group) is 1. The quantitative estimate of drug-likeness (QED) is 0.741. The molecule has 6 heteroatoms. The summed E-state index contributed by atoms with van der Waals surface area (Å²) in [5.41, 5.74) is 1.51. The van der Waals surface area contributed by atoms with E-state index in [-0.39, 0.29) is 24.9 Å². The van der Waals surface area contributed by atoms with Crippen LogP contribution in [0.25, 0.3) is 10.9 Å². The number of nitrogens with one attached hydrogen (secondary N) is 1. The molecule has 1 amide bonds. The lowest BCUT2D eigenvalue weighted by atomic mass is 9.81. The van der Waals surface area contributed by atoms with Gasteiger partial charge in [0.05, 0.1) is 6.07 Å². The Kier molecular flexibility index (Phi) is 6.35. The maximum absolute atomic E-state index is 12.4. The van der Waals surface area contributed by atoms with Gasteiger partial charge in [-0.25, -0.2) is 0 Å². The molecule has 1 aliphatic rings. The zero-order valence-electron chi connectivity index (χ0n) is 16.4. The van der Waals surface area contributed by atoms with E-state index in [1.807, 2.05) is 24.4 Å². The number of H-pyrrole nitrogens is 1. The van der Waals surface area contributed by atoms with Crippen molar-refractivity contribution in [1.29, 1.82) is 5.26 Å². The fraction of sp³-hybridized carbons (Fsp3) is 0.500. The highest BCUT2D eigenvalue weighted by molar-refractivity contribution is 5.83.